The highest BCUT2D eigenvalue weighted by Crippen LogP contribution is 2.34. The van der Waals surface area contributed by atoms with Gasteiger partial charge in [0, 0.05) is 11.3 Å². The number of H-pyrrole nitrogens is 1. The Bertz CT molecular complexity index is 647. The van der Waals surface area contributed by atoms with E-state index in [1.54, 1.807) is 13.8 Å². The van der Waals surface area contributed by atoms with Crippen molar-refractivity contribution in [1.29, 1.82) is 0 Å². The van der Waals surface area contributed by atoms with Crippen molar-refractivity contribution in [2.45, 2.75) is 20.0 Å². The van der Waals surface area contributed by atoms with Crippen molar-refractivity contribution >= 4 is 11.6 Å². The molecule has 2 rings (SSSR count). The van der Waals surface area contributed by atoms with Crippen LogP contribution in [-0.4, -0.2) is 16.1 Å². The fraction of sp³-hybridized carbons (Fsp3) is 0.231. The first-order chi connectivity index (χ1) is 9.30. The summed E-state index contributed by atoms with van der Waals surface area (Å²) in [4.78, 5) is 12.0. The summed E-state index contributed by atoms with van der Waals surface area (Å²) in [7, 11) is 0. The molecule has 106 valence electrons. The van der Waals surface area contributed by atoms with E-state index in [4.69, 9.17) is 0 Å². The number of aryl methyl sites for hydroxylation is 1. The maximum atomic E-state index is 12.8. The number of nitrogens with zero attached hydrogens (tertiary/aromatic N) is 1. The van der Waals surface area contributed by atoms with Gasteiger partial charge in [-0.1, -0.05) is 12.1 Å². The summed E-state index contributed by atoms with van der Waals surface area (Å²) in [5.74, 6) is -0.677. The van der Waals surface area contributed by atoms with Gasteiger partial charge in [-0.3, -0.25) is 9.89 Å². The molecular weight excluding hydrogens is 271 g/mol. The highest BCUT2D eigenvalue weighted by atomic mass is 19.4. The number of para-hydroxylation sites is 1. The Morgan fingerprint density at radius 2 is 1.90 bits per heavy atom. The number of amides is 1. The number of rotatable bonds is 2. The summed E-state index contributed by atoms with van der Waals surface area (Å²) in [6, 6.07) is 4.81. The van der Waals surface area contributed by atoms with Crippen molar-refractivity contribution in [1.82, 2.24) is 10.2 Å². The minimum atomic E-state index is -4.53. The third-order valence-electron chi connectivity index (χ3n) is 2.95. The summed E-state index contributed by atoms with van der Waals surface area (Å²) >= 11 is 0. The first-order valence-electron chi connectivity index (χ1n) is 5.80. The first kappa shape index (κ1) is 14.1. The van der Waals surface area contributed by atoms with Crippen LogP contribution in [-0.2, 0) is 6.18 Å². The molecule has 0 saturated carbocycles. The SMILES string of the molecule is Cc1[nH]nc(C(=O)Nc2ccccc2C(F)(F)F)c1C. The number of aromatic nitrogens is 2. The topological polar surface area (TPSA) is 57.8 Å². The fourth-order valence-electron chi connectivity index (χ4n) is 1.73. The zero-order valence-electron chi connectivity index (χ0n) is 10.8. The van der Waals surface area contributed by atoms with E-state index in [1.807, 2.05) is 0 Å². The lowest BCUT2D eigenvalue weighted by molar-refractivity contribution is -0.136. The van der Waals surface area contributed by atoms with Gasteiger partial charge in [0.25, 0.3) is 5.91 Å². The molecule has 0 unspecified atom stereocenters. The number of carbonyl (C=O) groups excluding carboxylic acids is 1. The minimum absolute atomic E-state index is 0.0828. The maximum absolute atomic E-state index is 12.8. The van der Waals surface area contributed by atoms with Crippen LogP contribution in [0.5, 0.6) is 0 Å². The molecule has 0 atom stereocenters. The summed E-state index contributed by atoms with van der Waals surface area (Å²) in [5, 5.41) is 8.65. The van der Waals surface area contributed by atoms with Gasteiger partial charge in [0.1, 0.15) is 0 Å². The third kappa shape index (κ3) is 2.66. The van der Waals surface area contributed by atoms with E-state index in [-0.39, 0.29) is 11.4 Å². The van der Waals surface area contributed by atoms with E-state index >= 15 is 0 Å². The molecule has 0 aliphatic heterocycles. The molecule has 2 N–H and O–H groups in total. The van der Waals surface area contributed by atoms with Gasteiger partial charge in [-0.05, 0) is 26.0 Å². The quantitative estimate of drug-likeness (QED) is 0.888. The Labute approximate surface area is 113 Å². The predicted molar refractivity (Wildman–Crippen MR) is 67.5 cm³/mol. The van der Waals surface area contributed by atoms with Crippen LogP contribution in [0.1, 0.15) is 27.3 Å². The number of alkyl halides is 3. The van der Waals surface area contributed by atoms with Crippen LogP contribution in [0.15, 0.2) is 24.3 Å². The van der Waals surface area contributed by atoms with Crippen molar-refractivity contribution in [2.75, 3.05) is 5.32 Å². The van der Waals surface area contributed by atoms with Crippen LogP contribution in [0.4, 0.5) is 18.9 Å². The van der Waals surface area contributed by atoms with Crippen LogP contribution in [0.3, 0.4) is 0 Å². The van der Waals surface area contributed by atoms with Gasteiger partial charge in [0.15, 0.2) is 5.69 Å². The number of anilines is 1. The molecule has 0 bridgehead atoms. The Hall–Kier alpha value is -2.31. The molecule has 0 fully saturated rings. The molecule has 0 aliphatic carbocycles. The second-order valence-corrected chi connectivity index (χ2v) is 4.32. The Morgan fingerprint density at radius 1 is 1.25 bits per heavy atom. The monoisotopic (exact) mass is 283 g/mol. The van der Waals surface area contributed by atoms with Crippen LogP contribution in [0.25, 0.3) is 0 Å². The molecule has 1 amide bonds. The molecule has 1 heterocycles. The smallest absolute Gasteiger partial charge is 0.320 e. The molecule has 2 aromatic rings. The number of hydrogen-bond acceptors (Lipinski definition) is 2. The molecular formula is C13H12F3N3O. The van der Waals surface area contributed by atoms with Crippen molar-refractivity contribution in [3.8, 4) is 0 Å². The normalized spacial score (nSPS) is 11.4. The standard InChI is InChI=1S/C13H12F3N3O/c1-7-8(2)18-19-11(7)12(20)17-10-6-4-3-5-9(10)13(14,15)16/h3-6H,1-2H3,(H,17,20)(H,18,19). The summed E-state index contributed by atoms with van der Waals surface area (Å²) in [5.41, 5.74) is 0.203. The van der Waals surface area contributed by atoms with E-state index in [0.717, 1.165) is 6.07 Å². The maximum Gasteiger partial charge on any atom is 0.418 e. The van der Waals surface area contributed by atoms with Crippen molar-refractivity contribution in [3.05, 3.63) is 46.8 Å². The van der Waals surface area contributed by atoms with Crippen molar-refractivity contribution in [3.63, 3.8) is 0 Å². The zero-order valence-corrected chi connectivity index (χ0v) is 10.8. The molecule has 0 aliphatic rings. The highest BCUT2D eigenvalue weighted by molar-refractivity contribution is 6.04. The largest absolute Gasteiger partial charge is 0.418 e. The van der Waals surface area contributed by atoms with Gasteiger partial charge in [0.2, 0.25) is 0 Å². The average Bonchev–Trinajstić information content (AvgIpc) is 2.69. The minimum Gasteiger partial charge on any atom is -0.320 e. The highest BCUT2D eigenvalue weighted by Gasteiger charge is 2.33. The Kier molecular flexibility index (Phi) is 3.52. The van der Waals surface area contributed by atoms with Gasteiger partial charge in [0.05, 0.1) is 11.3 Å². The lowest BCUT2D eigenvalue weighted by Crippen LogP contribution is -2.17. The van der Waals surface area contributed by atoms with E-state index in [9.17, 15) is 18.0 Å². The molecule has 0 spiro atoms. The lowest BCUT2D eigenvalue weighted by atomic mass is 10.1. The predicted octanol–water partition coefficient (Wildman–Crippen LogP) is 3.30. The van der Waals surface area contributed by atoms with Crippen LogP contribution < -0.4 is 5.32 Å². The van der Waals surface area contributed by atoms with Gasteiger partial charge < -0.3 is 5.32 Å². The Balaban J connectivity index is 2.32. The third-order valence-corrected chi connectivity index (χ3v) is 2.95. The van der Waals surface area contributed by atoms with Crippen molar-refractivity contribution in [2.24, 2.45) is 0 Å². The van der Waals surface area contributed by atoms with E-state index < -0.39 is 17.6 Å². The van der Waals surface area contributed by atoms with E-state index in [2.05, 4.69) is 15.5 Å². The van der Waals surface area contributed by atoms with Gasteiger partial charge >= 0.3 is 6.18 Å². The fourth-order valence-corrected chi connectivity index (χ4v) is 1.73. The molecule has 1 aromatic heterocycles. The van der Waals surface area contributed by atoms with Crippen molar-refractivity contribution < 1.29 is 18.0 Å². The number of carbonyl (C=O) groups is 1. The number of nitrogens with one attached hydrogen (secondary N) is 2. The number of hydrogen-bond donors (Lipinski definition) is 2. The molecule has 1 aromatic carbocycles. The number of aromatic amines is 1. The number of benzene rings is 1. The molecule has 4 nitrogen and oxygen atoms in total. The lowest BCUT2D eigenvalue weighted by Gasteiger charge is -2.13. The zero-order chi connectivity index (χ0) is 14.9. The first-order valence-corrected chi connectivity index (χ1v) is 5.80. The molecule has 0 radical (unpaired) electrons. The van der Waals surface area contributed by atoms with Gasteiger partial charge in [-0.2, -0.15) is 18.3 Å². The van der Waals surface area contributed by atoms with E-state index in [0.29, 0.717) is 11.3 Å². The Morgan fingerprint density at radius 3 is 2.45 bits per heavy atom. The second kappa shape index (κ2) is 4.99. The summed E-state index contributed by atoms with van der Waals surface area (Å²) < 4.78 is 38.4. The second-order valence-electron chi connectivity index (χ2n) is 4.32. The van der Waals surface area contributed by atoms with Crippen LogP contribution >= 0.6 is 0 Å². The molecule has 20 heavy (non-hydrogen) atoms. The van der Waals surface area contributed by atoms with Gasteiger partial charge in [-0.25, -0.2) is 0 Å². The van der Waals surface area contributed by atoms with E-state index in [1.165, 1.54) is 18.2 Å². The molecule has 0 saturated heterocycles. The average molecular weight is 283 g/mol. The van der Waals surface area contributed by atoms with Gasteiger partial charge in [-0.15, -0.1) is 0 Å². The van der Waals surface area contributed by atoms with Crippen LogP contribution in [0, 0.1) is 13.8 Å². The van der Waals surface area contributed by atoms with Crippen LogP contribution in [0.2, 0.25) is 0 Å². The summed E-state index contributed by atoms with van der Waals surface area (Å²) in [6.45, 7) is 3.40. The summed E-state index contributed by atoms with van der Waals surface area (Å²) in [6.07, 6.45) is -4.53. The molecule has 7 heteroatoms. The number of halogens is 3.